The van der Waals surface area contributed by atoms with Crippen molar-refractivity contribution in [2.24, 2.45) is 11.8 Å². The number of aromatic nitrogens is 2. The lowest BCUT2D eigenvalue weighted by atomic mass is 9.83. The lowest BCUT2D eigenvalue weighted by molar-refractivity contribution is -0.123. The van der Waals surface area contributed by atoms with E-state index in [1.807, 2.05) is 0 Å². The molecule has 2 saturated carbocycles. The molecule has 7 nitrogen and oxygen atoms in total. The Labute approximate surface area is 237 Å². The Kier molecular flexibility index (Phi) is 10.3. The number of nitrogens with zero attached hydrogens (tertiary/aromatic N) is 4. The van der Waals surface area contributed by atoms with E-state index in [1.165, 1.54) is 25.8 Å². The van der Waals surface area contributed by atoms with E-state index in [2.05, 4.69) is 62.7 Å². The maximum absolute atomic E-state index is 12.6. The molecule has 4 rings (SSSR count). The monoisotopic (exact) mass is 541 g/mol. The van der Waals surface area contributed by atoms with Gasteiger partial charge in [-0.1, -0.05) is 34.6 Å². The highest BCUT2D eigenvalue weighted by Crippen LogP contribution is 2.30. The van der Waals surface area contributed by atoms with Crippen LogP contribution in [0.25, 0.3) is 0 Å². The zero-order chi connectivity index (χ0) is 28.2. The van der Waals surface area contributed by atoms with Gasteiger partial charge in [0.1, 0.15) is 11.6 Å². The summed E-state index contributed by atoms with van der Waals surface area (Å²) in [4.78, 5) is 27.6. The topological polar surface area (TPSA) is 81.6 Å². The van der Waals surface area contributed by atoms with Crippen molar-refractivity contribution in [3.8, 4) is 0 Å². The van der Waals surface area contributed by atoms with E-state index < -0.39 is 0 Å². The third kappa shape index (κ3) is 8.63. The number of carbonyl (C=O) groups excluding carboxylic acids is 1. The highest BCUT2D eigenvalue weighted by atomic mass is 16.3. The van der Waals surface area contributed by atoms with Crippen molar-refractivity contribution < 1.29 is 9.90 Å². The fourth-order valence-electron chi connectivity index (χ4n) is 6.67. The first-order valence-corrected chi connectivity index (χ1v) is 15.8. The Morgan fingerprint density at radius 1 is 1.03 bits per heavy atom. The molecule has 0 radical (unpaired) electrons. The molecule has 220 valence electrons. The minimum Gasteiger partial charge on any atom is -0.393 e. The van der Waals surface area contributed by atoms with Gasteiger partial charge in [0.2, 0.25) is 5.91 Å². The molecule has 1 aromatic rings. The summed E-state index contributed by atoms with van der Waals surface area (Å²) in [5.41, 5.74) is 1.08. The third-order valence-electron chi connectivity index (χ3n) is 9.36. The Hall–Kier alpha value is -1.73. The second-order valence-corrected chi connectivity index (χ2v) is 14.2. The van der Waals surface area contributed by atoms with Gasteiger partial charge in [-0.25, -0.2) is 9.97 Å². The quantitative estimate of drug-likeness (QED) is 0.458. The number of aliphatic hydroxyl groups excluding tert-OH is 1. The maximum atomic E-state index is 12.6. The van der Waals surface area contributed by atoms with Gasteiger partial charge in [0, 0.05) is 55.3 Å². The number of carbonyl (C=O) groups is 1. The second-order valence-electron chi connectivity index (χ2n) is 14.2. The summed E-state index contributed by atoms with van der Waals surface area (Å²) in [6, 6.07) is 3.00. The van der Waals surface area contributed by atoms with Gasteiger partial charge in [0.25, 0.3) is 0 Å². The summed E-state index contributed by atoms with van der Waals surface area (Å²) >= 11 is 0. The van der Waals surface area contributed by atoms with Crippen molar-refractivity contribution in [2.75, 3.05) is 31.1 Å². The molecule has 3 aliphatic rings. The van der Waals surface area contributed by atoms with Gasteiger partial charge in [-0.2, -0.15) is 0 Å². The van der Waals surface area contributed by atoms with Crippen molar-refractivity contribution >= 4 is 11.7 Å². The molecule has 1 saturated heterocycles. The van der Waals surface area contributed by atoms with Crippen LogP contribution in [0.4, 0.5) is 5.82 Å². The number of rotatable bonds is 8. The van der Waals surface area contributed by atoms with Crippen LogP contribution < -0.4 is 10.2 Å². The molecule has 0 spiro atoms. The van der Waals surface area contributed by atoms with Gasteiger partial charge < -0.3 is 15.3 Å². The third-order valence-corrected chi connectivity index (χ3v) is 9.36. The van der Waals surface area contributed by atoms with Gasteiger partial charge in [-0.15, -0.1) is 0 Å². The SMILES string of the molecule is CC(C)c1cc(N2CCN(CCC3CCC(NC(=O)CC4CCC(O)CC4)CC3)C[C@@H]2C)nc(C(C)(C)C)n1. The standard InChI is InChI=1S/C32H55N5O2/c1-22(2)28-20-29(35-31(34-28)32(4,5)6)37-18-17-36(21-23(37)3)16-15-24-7-11-26(12-8-24)33-30(39)19-25-9-13-27(38)14-10-25/h20,22-27,38H,7-19,21H2,1-6H3,(H,33,39)/t23-,24?,25?,26?,27?/m0/s1. The Morgan fingerprint density at radius 3 is 2.31 bits per heavy atom. The molecule has 1 aliphatic heterocycles. The van der Waals surface area contributed by atoms with Crippen LogP contribution in [0, 0.1) is 11.8 Å². The second kappa shape index (κ2) is 13.3. The van der Waals surface area contributed by atoms with Gasteiger partial charge in [-0.05, 0) is 89.0 Å². The van der Waals surface area contributed by atoms with Gasteiger partial charge in [0.15, 0.2) is 0 Å². The normalized spacial score (nSPS) is 29.0. The molecule has 3 fully saturated rings. The molecular weight excluding hydrogens is 486 g/mol. The number of hydrogen-bond donors (Lipinski definition) is 2. The van der Waals surface area contributed by atoms with Crippen LogP contribution in [0.3, 0.4) is 0 Å². The zero-order valence-electron chi connectivity index (χ0n) is 25.6. The molecule has 2 heterocycles. The van der Waals surface area contributed by atoms with Crippen molar-refractivity contribution in [2.45, 2.75) is 135 Å². The van der Waals surface area contributed by atoms with Crippen LogP contribution >= 0.6 is 0 Å². The average molecular weight is 542 g/mol. The summed E-state index contributed by atoms with van der Waals surface area (Å²) in [5.74, 6) is 3.88. The lowest BCUT2D eigenvalue weighted by Crippen LogP contribution is -2.52. The molecule has 1 amide bonds. The van der Waals surface area contributed by atoms with Gasteiger partial charge in [0.05, 0.1) is 6.10 Å². The average Bonchev–Trinajstić information content (AvgIpc) is 2.89. The summed E-state index contributed by atoms with van der Waals surface area (Å²) < 4.78 is 0. The van der Waals surface area contributed by atoms with E-state index in [4.69, 9.17) is 9.97 Å². The number of hydrogen-bond acceptors (Lipinski definition) is 6. The molecule has 1 aromatic heterocycles. The molecule has 2 aliphatic carbocycles. The molecule has 7 heteroatoms. The molecule has 39 heavy (non-hydrogen) atoms. The van der Waals surface area contributed by atoms with Gasteiger partial charge >= 0.3 is 0 Å². The number of amides is 1. The number of piperazine rings is 1. The molecule has 1 atom stereocenters. The smallest absolute Gasteiger partial charge is 0.220 e. The lowest BCUT2D eigenvalue weighted by Gasteiger charge is -2.41. The largest absolute Gasteiger partial charge is 0.393 e. The minimum atomic E-state index is -0.148. The first-order chi connectivity index (χ1) is 18.5. The Balaban J connectivity index is 1.19. The number of anilines is 1. The minimum absolute atomic E-state index is 0.0631. The predicted octanol–water partition coefficient (Wildman–Crippen LogP) is 5.41. The fourth-order valence-corrected chi connectivity index (χ4v) is 6.67. The molecular formula is C32H55N5O2. The summed E-state index contributed by atoms with van der Waals surface area (Å²) in [5, 5.41) is 13.0. The van der Waals surface area contributed by atoms with Gasteiger partial charge in [-0.3, -0.25) is 9.69 Å². The van der Waals surface area contributed by atoms with Crippen LogP contribution in [0.2, 0.25) is 0 Å². The van der Waals surface area contributed by atoms with E-state index in [0.29, 0.717) is 30.3 Å². The number of aliphatic hydroxyl groups is 1. The van der Waals surface area contributed by atoms with Crippen molar-refractivity contribution in [1.29, 1.82) is 0 Å². The van der Waals surface area contributed by atoms with Crippen LogP contribution in [0.15, 0.2) is 6.07 Å². The van der Waals surface area contributed by atoms with Crippen molar-refractivity contribution in [3.05, 3.63) is 17.6 Å². The summed E-state index contributed by atoms with van der Waals surface area (Å²) in [6.07, 6.45) is 10.1. The van der Waals surface area contributed by atoms with E-state index in [1.54, 1.807) is 0 Å². The highest BCUT2D eigenvalue weighted by molar-refractivity contribution is 5.76. The summed E-state index contributed by atoms with van der Waals surface area (Å²) in [7, 11) is 0. The molecule has 0 bridgehead atoms. The molecule has 0 aromatic carbocycles. The molecule has 0 unspecified atom stereocenters. The van der Waals surface area contributed by atoms with Crippen molar-refractivity contribution in [3.63, 3.8) is 0 Å². The Bertz CT molecular complexity index is 929. The van der Waals surface area contributed by atoms with Crippen LogP contribution in [-0.4, -0.2) is 70.2 Å². The van der Waals surface area contributed by atoms with Crippen LogP contribution in [0.1, 0.15) is 123 Å². The highest BCUT2D eigenvalue weighted by Gasteiger charge is 2.29. The van der Waals surface area contributed by atoms with E-state index in [-0.39, 0.29) is 17.4 Å². The van der Waals surface area contributed by atoms with Crippen LogP contribution in [0.5, 0.6) is 0 Å². The molecule has 2 N–H and O–H groups in total. The van der Waals surface area contributed by atoms with E-state index in [9.17, 15) is 9.90 Å². The first kappa shape index (κ1) is 30.2. The Morgan fingerprint density at radius 2 is 1.69 bits per heavy atom. The number of nitrogens with one attached hydrogen (secondary N) is 1. The van der Waals surface area contributed by atoms with E-state index >= 15 is 0 Å². The van der Waals surface area contributed by atoms with E-state index in [0.717, 1.165) is 81.4 Å². The zero-order valence-corrected chi connectivity index (χ0v) is 25.6. The maximum Gasteiger partial charge on any atom is 0.220 e. The fraction of sp³-hybridized carbons (Fsp3) is 0.844. The van der Waals surface area contributed by atoms with Crippen molar-refractivity contribution in [1.82, 2.24) is 20.2 Å². The first-order valence-electron chi connectivity index (χ1n) is 15.8. The van der Waals surface area contributed by atoms with Crippen LogP contribution in [-0.2, 0) is 10.2 Å². The summed E-state index contributed by atoms with van der Waals surface area (Å²) in [6.45, 7) is 17.7. The predicted molar refractivity (Wildman–Crippen MR) is 159 cm³/mol.